The summed E-state index contributed by atoms with van der Waals surface area (Å²) in [4.78, 5) is 24.4. The van der Waals surface area contributed by atoms with Crippen LogP contribution in [0.5, 0.6) is 0 Å². The first-order chi connectivity index (χ1) is 11.9. The highest BCUT2D eigenvalue weighted by Gasteiger charge is 2.21. The molecule has 1 saturated carbocycles. The molecule has 1 aromatic heterocycles. The third-order valence-corrected chi connectivity index (χ3v) is 5.03. The highest BCUT2D eigenvalue weighted by atomic mass is 19.1. The molecular formula is C19H24FN3O2. The molecule has 25 heavy (non-hydrogen) atoms. The number of pyridine rings is 1. The van der Waals surface area contributed by atoms with Crippen molar-refractivity contribution in [1.29, 1.82) is 0 Å². The molecule has 1 aliphatic carbocycles. The number of nitrogen functional groups attached to an aromatic ring is 1. The number of benzene rings is 1. The zero-order chi connectivity index (χ0) is 18.1. The molecular weight excluding hydrogens is 321 g/mol. The molecule has 0 aliphatic heterocycles. The standard InChI is InChI=1S/C19H24FN3O2/c1-3-23-10-13(11(2)24)19(25)16-15(23)9-14(17(20)18(16)21)22-12-7-5-4-6-8-12/h9-10,12,22H,3-8,21H2,1-2H3. The van der Waals surface area contributed by atoms with Crippen LogP contribution in [0.3, 0.4) is 0 Å². The van der Waals surface area contributed by atoms with Crippen LogP contribution in [0.4, 0.5) is 15.8 Å². The molecule has 0 radical (unpaired) electrons. The second-order valence-corrected chi connectivity index (χ2v) is 6.74. The molecule has 0 spiro atoms. The molecule has 1 aliphatic rings. The first kappa shape index (κ1) is 17.5. The molecule has 0 bridgehead atoms. The summed E-state index contributed by atoms with van der Waals surface area (Å²) in [6, 6.07) is 1.86. The summed E-state index contributed by atoms with van der Waals surface area (Å²) in [6.45, 7) is 3.78. The lowest BCUT2D eigenvalue weighted by atomic mass is 9.95. The van der Waals surface area contributed by atoms with Crippen LogP contribution in [0.25, 0.3) is 10.9 Å². The van der Waals surface area contributed by atoms with Crippen LogP contribution in [0.15, 0.2) is 17.1 Å². The zero-order valence-corrected chi connectivity index (χ0v) is 14.7. The molecule has 0 amide bonds. The Morgan fingerprint density at radius 2 is 2.04 bits per heavy atom. The van der Waals surface area contributed by atoms with Gasteiger partial charge in [0.25, 0.3) is 0 Å². The number of hydrogen-bond donors (Lipinski definition) is 2. The first-order valence-corrected chi connectivity index (χ1v) is 8.86. The second-order valence-electron chi connectivity index (χ2n) is 6.74. The Balaban J connectivity index is 2.19. The van der Waals surface area contributed by atoms with Crippen molar-refractivity contribution in [2.45, 2.75) is 58.5 Å². The topological polar surface area (TPSA) is 77.1 Å². The van der Waals surface area contributed by atoms with Crippen LogP contribution in [0, 0.1) is 5.82 Å². The van der Waals surface area contributed by atoms with Gasteiger partial charge in [0, 0.05) is 18.8 Å². The minimum absolute atomic E-state index is 0.0356. The number of Topliss-reactive ketones (excluding diaryl/α,β-unsaturated/α-hetero) is 1. The van der Waals surface area contributed by atoms with E-state index in [1.54, 1.807) is 10.6 Å². The van der Waals surface area contributed by atoms with E-state index in [0.717, 1.165) is 25.7 Å². The summed E-state index contributed by atoms with van der Waals surface area (Å²) >= 11 is 0. The average Bonchev–Trinajstić information content (AvgIpc) is 2.60. The van der Waals surface area contributed by atoms with Crippen LogP contribution in [0.1, 0.15) is 56.3 Å². The summed E-state index contributed by atoms with van der Waals surface area (Å²) < 4.78 is 16.6. The Bertz CT molecular complexity index is 883. The maximum absolute atomic E-state index is 14.8. The lowest BCUT2D eigenvalue weighted by Gasteiger charge is -2.25. The molecule has 6 heteroatoms. The summed E-state index contributed by atoms with van der Waals surface area (Å²) in [5, 5.41) is 3.34. The number of nitrogens with one attached hydrogen (secondary N) is 1. The van der Waals surface area contributed by atoms with Gasteiger partial charge in [-0.1, -0.05) is 19.3 Å². The summed E-state index contributed by atoms with van der Waals surface area (Å²) in [6.07, 6.45) is 7.01. The Labute approximate surface area is 146 Å². The zero-order valence-electron chi connectivity index (χ0n) is 14.7. The molecule has 3 rings (SSSR count). The highest BCUT2D eigenvalue weighted by Crippen LogP contribution is 2.31. The normalized spacial score (nSPS) is 15.5. The van der Waals surface area contributed by atoms with E-state index in [-0.39, 0.29) is 28.5 Å². The minimum atomic E-state index is -0.612. The van der Waals surface area contributed by atoms with Gasteiger partial charge in [-0.2, -0.15) is 0 Å². The molecule has 0 unspecified atom stereocenters. The average molecular weight is 345 g/mol. The van der Waals surface area contributed by atoms with E-state index >= 15 is 0 Å². The number of ketones is 1. The molecule has 3 N–H and O–H groups in total. The fourth-order valence-electron chi connectivity index (χ4n) is 3.63. The number of anilines is 2. The smallest absolute Gasteiger partial charge is 0.202 e. The van der Waals surface area contributed by atoms with E-state index in [1.807, 2.05) is 6.92 Å². The fourth-order valence-corrected chi connectivity index (χ4v) is 3.63. The number of carbonyl (C=O) groups is 1. The number of carbonyl (C=O) groups excluding carboxylic acids is 1. The van der Waals surface area contributed by atoms with Gasteiger partial charge in [-0.3, -0.25) is 9.59 Å². The SMILES string of the molecule is CCn1cc(C(C)=O)c(=O)c2c(N)c(F)c(NC3CCCCC3)cc21. The molecule has 0 saturated heterocycles. The molecule has 1 aromatic carbocycles. The summed E-state index contributed by atoms with van der Waals surface area (Å²) in [7, 11) is 0. The third kappa shape index (κ3) is 3.13. The van der Waals surface area contributed by atoms with Gasteiger partial charge in [-0.25, -0.2) is 4.39 Å². The van der Waals surface area contributed by atoms with Crippen molar-refractivity contribution in [3.63, 3.8) is 0 Å². The molecule has 1 fully saturated rings. The van der Waals surface area contributed by atoms with Crippen molar-refractivity contribution in [1.82, 2.24) is 4.57 Å². The van der Waals surface area contributed by atoms with Crippen molar-refractivity contribution >= 4 is 28.1 Å². The minimum Gasteiger partial charge on any atom is -0.396 e. The number of aryl methyl sites for hydroxylation is 1. The second kappa shape index (κ2) is 6.86. The Hall–Kier alpha value is -2.37. The maximum atomic E-state index is 14.8. The van der Waals surface area contributed by atoms with Crippen LogP contribution in [-0.4, -0.2) is 16.4 Å². The van der Waals surface area contributed by atoms with Crippen molar-refractivity contribution in [2.75, 3.05) is 11.1 Å². The Morgan fingerprint density at radius 1 is 1.36 bits per heavy atom. The van der Waals surface area contributed by atoms with Crippen molar-refractivity contribution in [2.24, 2.45) is 0 Å². The van der Waals surface area contributed by atoms with E-state index in [0.29, 0.717) is 17.7 Å². The van der Waals surface area contributed by atoms with Gasteiger partial charge in [0.05, 0.1) is 27.8 Å². The molecule has 5 nitrogen and oxygen atoms in total. The van der Waals surface area contributed by atoms with E-state index in [4.69, 9.17) is 5.73 Å². The van der Waals surface area contributed by atoms with E-state index in [2.05, 4.69) is 5.32 Å². The lowest BCUT2D eigenvalue weighted by Crippen LogP contribution is -2.24. The Morgan fingerprint density at radius 3 is 2.64 bits per heavy atom. The number of halogens is 1. The highest BCUT2D eigenvalue weighted by molar-refractivity contribution is 6.01. The van der Waals surface area contributed by atoms with Gasteiger partial charge >= 0.3 is 0 Å². The number of hydrogen-bond acceptors (Lipinski definition) is 4. The number of rotatable bonds is 4. The lowest BCUT2D eigenvalue weighted by molar-refractivity contribution is 0.101. The summed E-state index contributed by atoms with van der Waals surface area (Å²) in [5.41, 5.74) is 6.20. The van der Waals surface area contributed by atoms with Gasteiger partial charge in [-0.15, -0.1) is 0 Å². The van der Waals surface area contributed by atoms with Crippen LogP contribution in [0.2, 0.25) is 0 Å². The number of nitrogens with zero attached hydrogens (tertiary/aromatic N) is 1. The predicted octanol–water partition coefficient (Wildman–Crippen LogP) is 3.69. The van der Waals surface area contributed by atoms with Gasteiger partial charge in [0.15, 0.2) is 11.6 Å². The monoisotopic (exact) mass is 345 g/mol. The van der Waals surface area contributed by atoms with Crippen molar-refractivity contribution in [3.8, 4) is 0 Å². The number of aromatic nitrogens is 1. The van der Waals surface area contributed by atoms with Gasteiger partial charge in [-0.05, 0) is 32.8 Å². The van der Waals surface area contributed by atoms with Crippen LogP contribution < -0.4 is 16.5 Å². The largest absolute Gasteiger partial charge is 0.396 e. The summed E-state index contributed by atoms with van der Waals surface area (Å²) in [5.74, 6) is -0.961. The van der Waals surface area contributed by atoms with E-state index < -0.39 is 11.2 Å². The maximum Gasteiger partial charge on any atom is 0.202 e. The number of fused-ring (bicyclic) bond motifs is 1. The Kier molecular flexibility index (Phi) is 4.79. The van der Waals surface area contributed by atoms with Crippen LogP contribution >= 0.6 is 0 Å². The quantitative estimate of drug-likeness (QED) is 0.654. The van der Waals surface area contributed by atoms with E-state index in [1.165, 1.54) is 19.5 Å². The fraction of sp³-hybridized carbons (Fsp3) is 0.474. The van der Waals surface area contributed by atoms with Gasteiger partial charge in [0.1, 0.15) is 0 Å². The first-order valence-electron chi connectivity index (χ1n) is 8.86. The third-order valence-electron chi connectivity index (χ3n) is 5.03. The van der Waals surface area contributed by atoms with E-state index in [9.17, 15) is 14.0 Å². The predicted molar refractivity (Wildman–Crippen MR) is 98.8 cm³/mol. The molecule has 2 aromatic rings. The molecule has 1 heterocycles. The van der Waals surface area contributed by atoms with Crippen molar-refractivity contribution < 1.29 is 9.18 Å². The van der Waals surface area contributed by atoms with Crippen molar-refractivity contribution in [3.05, 3.63) is 33.9 Å². The molecule has 0 atom stereocenters. The van der Waals surface area contributed by atoms with Crippen LogP contribution in [-0.2, 0) is 6.54 Å². The van der Waals surface area contributed by atoms with Gasteiger partial charge in [0.2, 0.25) is 5.43 Å². The van der Waals surface area contributed by atoms with Gasteiger partial charge < -0.3 is 15.6 Å². The molecule has 134 valence electrons. The number of nitrogens with two attached hydrogens (primary N) is 1.